The molecule has 0 amide bonds. The van der Waals surface area contributed by atoms with Crippen LogP contribution in [0.3, 0.4) is 0 Å². The lowest BCUT2D eigenvalue weighted by Crippen LogP contribution is -2.03. The third-order valence-corrected chi connectivity index (χ3v) is 3.55. The van der Waals surface area contributed by atoms with Crippen LogP contribution in [-0.2, 0) is 19.4 Å². The first-order valence-corrected chi connectivity index (χ1v) is 6.93. The average molecular weight is 270 g/mol. The second kappa shape index (κ2) is 5.97. The molecule has 0 aromatic heterocycles. The molecule has 1 aliphatic rings. The summed E-state index contributed by atoms with van der Waals surface area (Å²) in [6, 6.07) is 13.9. The normalized spacial score (nSPS) is 12.8. The van der Waals surface area contributed by atoms with Crippen LogP contribution in [0.4, 0.5) is 0 Å². The Labute approximate surface area is 118 Å². The Hall–Kier alpha value is -2.00. The highest BCUT2D eigenvalue weighted by Gasteiger charge is 2.11. The molecule has 0 unspecified atom stereocenters. The minimum absolute atomic E-state index is 0.00631. The Kier molecular flexibility index (Phi) is 3.88. The Bertz CT molecular complexity index is 593. The standard InChI is InChI=1S/C17H18O3/c18-12-15-3-1-2-4-16(15)19-9-7-13-5-6-17-14(11-13)8-10-20-17/h1-6,11,18H,7-10,12H2. The van der Waals surface area contributed by atoms with Crippen LogP contribution < -0.4 is 9.47 Å². The Morgan fingerprint density at radius 3 is 2.95 bits per heavy atom. The molecular weight excluding hydrogens is 252 g/mol. The van der Waals surface area contributed by atoms with Crippen molar-refractivity contribution in [3.05, 3.63) is 59.2 Å². The minimum Gasteiger partial charge on any atom is -0.493 e. The molecule has 2 aromatic carbocycles. The summed E-state index contributed by atoms with van der Waals surface area (Å²) in [6.45, 7) is 1.40. The van der Waals surface area contributed by atoms with Crippen LogP contribution in [0.5, 0.6) is 11.5 Å². The maximum atomic E-state index is 9.25. The predicted molar refractivity (Wildman–Crippen MR) is 77.2 cm³/mol. The number of rotatable bonds is 5. The van der Waals surface area contributed by atoms with Crippen LogP contribution in [-0.4, -0.2) is 18.3 Å². The molecule has 1 N–H and O–H groups in total. The van der Waals surface area contributed by atoms with Gasteiger partial charge in [-0.3, -0.25) is 0 Å². The van der Waals surface area contributed by atoms with Gasteiger partial charge in [0.2, 0.25) is 0 Å². The molecule has 0 spiro atoms. The van der Waals surface area contributed by atoms with Gasteiger partial charge in [-0.15, -0.1) is 0 Å². The summed E-state index contributed by atoms with van der Waals surface area (Å²) < 4.78 is 11.3. The molecule has 3 rings (SSSR count). The van der Waals surface area contributed by atoms with Gasteiger partial charge in [0.05, 0.1) is 19.8 Å². The molecule has 1 heterocycles. The van der Waals surface area contributed by atoms with E-state index in [4.69, 9.17) is 9.47 Å². The summed E-state index contributed by atoms with van der Waals surface area (Å²) in [6.07, 6.45) is 1.85. The predicted octanol–water partition coefficient (Wildman–Crippen LogP) is 2.74. The molecule has 3 nitrogen and oxygen atoms in total. The summed E-state index contributed by atoms with van der Waals surface area (Å²) >= 11 is 0. The summed E-state index contributed by atoms with van der Waals surface area (Å²) in [5.41, 5.74) is 3.38. The fourth-order valence-corrected chi connectivity index (χ4v) is 2.45. The maximum Gasteiger partial charge on any atom is 0.124 e. The highest BCUT2D eigenvalue weighted by molar-refractivity contribution is 5.40. The summed E-state index contributed by atoms with van der Waals surface area (Å²) in [4.78, 5) is 0. The molecule has 0 saturated carbocycles. The number of ether oxygens (including phenoxy) is 2. The summed E-state index contributed by atoms with van der Waals surface area (Å²) in [7, 11) is 0. The molecule has 0 radical (unpaired) electrons. The molecule has 0 atom stereocenters. The quantitative estimate of drug-likeness (QED) is 0.908. The number of benzene rings is 2. The van der Waals surface area contributed by atoms with Crippen LogP contribution in [0.15, 0.2) is 42.5 Å². The van der Waals surface area contributed by atoms with E-state index >= 15 is 0 Å². The van der Waals surface area contributed by atoms with Crippen LogP contribution in [0, 0.1) is 0 Å². The molecule has 0 saturated heterocycles. The van der Waals surface area contributed by atoms with E-state index in [2.05, 4.69) is 12.1 Å². The number of hydrogen-bond acceptors (Lipinski definition) is 3. The third-order valence-electron chi connectivity index (χ3n) is 3.55. The third kappa shape index (κ3) is 2.78. The van der Waals surface area contributed by atoms with Gasteiger partial charge in [-0.05, 0) is 23.3 Å². The highest BCUT2D eigenvalue weighted by Crippen LogP contribution is 2.26. The summed E-state index contributed by atoms with van der Waals surface area (Å²) in [5.74, 6) is 1.78. The largest absolute Gasteiger partial charge is 0.493 e. The molecule has 1 aliphatic heterocycles. The molecule has 20 heavy (non-hydrogen) atoms. The van der Waals surface area contributed by atoms with Crippen LogP contribution in [0.1, 0.15) is 16.7 Å². The Balaban J connectivity index is 1.60. The number of hydrogen-bond donors (Lipinski definition) is 1. The van der Waals surface area contributed by atoms with E-state index in [9.17, 15) is 5.11 Å². The lowest BCUT2D eigenvalue weighted by atomic mass is 10.1. The monoisotopic (exact) mass is 270 g/mol. The fourth-order valence-electron chi connectivity index (χ4n) is 2.45. The number of fused-ring (bicyclic) bond motifs is 1. The first-order valence-electron chi connectivity index (χ1n) is 6.93. The van der Waals surface area contributed by atoms with Crippen molar-refractivity contribution >= 4 is 0 Å². The number of aliphatic hydroxyl groups excluding tert-OH is 1. The lowest BCUT2D eigenvalue weighted by Gasteiger charge is -2.10. The molecule has 0 bridgehead atoms. The van der Waals surface area contributed by atoms with E-state index < -0.39 is 0 Å². The molecule has 2 aromatic rings. The van der Waals surface area contributed by atoms with Crippen molar-refractivity contribution < 1.29 is 14.6 Å². The Morgan fingerprint density at radius 1 is 1.15 bits per heavy atom. The Morgan fingerprint density at radius 2 is 2.05 bits per heavy atom. The number of aliphatic hydroxyl groups is 1. The molecular formula is C17H18O3. The van der Waals surface area contributed by atoms with E-state index in [0.717, 1.165) is 36.5 Å². The fraction of sp³-hybridized carbons (Fsp3) is 0.294. The second-order valence-corrected chi connectivity index (χ2v) is 4.90. The van der Waals surface area contributed by atoms with Gasteiger partial charge in [-0.2, -0.15) is 0 Å². The van der Waals surface area contributed by atoms with Gasteiger partial charge in [0.1, 0.15) is 11.5 Å². The van der Waals surface area contributed by atoms with Gasteiger partial charge in [-0.25, -0.2) is 0 Å². The first-order chi connectivity index (χ1) is 9.86. The van der Waals surface area contributed by atoms with Crippen molar-refractivity contribution in [2.75, 3.05) is 13.2 Å². The lowest BCUT2D eigenvalue weighted by molar-refractivity contribution is 0.264. The smallest absolute Gasteiger partial charge is 0.124 e. The maximum absolute atomic E-state index is 9.25. The van der Waals surface area contributed by atoms with Gasteiger partial charge in [-0.1, -0.05) is 30.3 Å². The minimum atomic E-state index is 0.00631. The van der Waals surface area contributed by atoms with Crippen molar-refractivity contribution in [2.24, 2.45) is 0 Å². The van der Waals surface area contributed by atoms with Crippen molar-refractivity contribution in [3.8, 4) is 11.5 Å². The van der Waals surface area contributed by atoms with Gasteiger partial charge < -0.3 is 14.6 Å². The van der Waals surface area contributed by atoms with Crippen LogP contribution in [0.2, 0.25) is 0 Å². The number of para-hydroxylation sites is 1. The van der Waals surface area contributed by atoms with E-state index in [-0.39, 0.29) is 6.61 Å². The van der Waals surface area contributed by atoms with E-state index in [1.807, 2.05) is 30.3 Å². The molecule has 0 fully saturated rings. The van der Waals surface area contributed by atoms with E-state index in [0.29, 0.717) is 6.61 Å². The average Bonchev–Trinajstić information content (AvgIpc) is 2.95. The van der Waals surface area contributed by atoms with Crippen molar-refractivity contribution in [1.29, 1.82) is 0 Å². The molecule has 104 valence electrons. The topological polar surface area (TPSA) is 38.7 Å². The highest BCUT2D eigenvalue weighted by atomic mass is 16.5. The summed E-state index contributed by atoms with van der Waals surface area (Å²) in [5, 5.41) is 9.25. The van der Waals surface area contributed by atoms with Crippen molar-refractivity contribution in [2.45, 2.75) is 19.4 Å². The van der Waals surface area contributed by atoms with Crippen molar-refractivity contribution in [3.63, 3.8) is 0 Å². The molecule has 3 heteroatoms. The van der Waals surface area contributed by atoms with Crippen LogP contribution >= 0.6 is 0 Å². The van der Waals surface area contributed by atoms with Crippen LogP contribution in [0.25, 0.3) is 0 Å². The second-order valence-electron chi connectivity index (χ2n) is 4.90. The van der Waals surface area contributed by atoms with Gasteiger partial charge >= 0.3 is 0 Å². The SMILES string of the molecule is OCc1ccccc1OCCc1ccc2c(c1)CCO2. The van der Waals surface area contributed by atoms with Crippen molar-refractivity contribution in [1.82, 2.24) is 0 Å². The first kappa shape index (κ1) is 13.0. The zero-order chi connectivity index (χ0) is 13.8. The van der Waals surface area contributed by atoms with Gasteiger partial charge in [0.25, 0.3) is 0 Å². The van der Waals surface area contributed by atoms with E-state index in [1.54, 1.807) is 0 Å². The molecule has 0 aliphatic carbocycles. The van der Waals surface area contributed by atoms with Gasteiger partial charge in [0.15, 0.2) is 0 Å². The van der Waals surface area contributed by atoms with Gasteiger partial charge in [0, 0.05) is 18.4 Å². The zero-order valence-corrected chi connectivity index (χ0v) is 11.3. The van der Waals surface area contributed by atoms with E-state index in [1.165, 1.54) is 11.1 Å². The zero-order valence-electron chi connectivity index (χ0n) is 11.3.